The van der Waals surface area contributed by atoms with Gasteiger partial charge >= 0.3 is 0 Å². The molecule has 1 nitrogen and oxygen atoms in total. The Labute approximate surface area is 104 Å². The van der Waals surface area contributed by atoms with E-state index in [9.17, 15) is 8.78 Å². The van der Waals surface area contributed by atoms with Gasteiger partial charge in [0.05, 0.1) is 6.04 Å². The third kappa shape index (κ3) is 1.96. The van der Waals surface area contributed by atoms with Gasteiger partial charge in [0.2, 0.25) is 0 Å². The zero-order valence-corrected chi connectivity index (χ0v) is 10.0. The fraction of sp³-hybridized carbons (Fsp3) is 0.200. The van der Waals surface area contributed by atoms with Crippen molar-refractivity contribution in [2.24, 2.45) is 0 Å². The minimum atomic E-state index is -0.529. The maximum absolute atomic E-state index is 13.2. The third-order valence-electron chi connectivity index (χ3n) is 3.30. The zero-order valence-electron chi connectivity index (χ0n) is 10.0. The zero-order chi connectivity index (χ0) is 12.7. The molecule has 0 fully saturated rings. The summed E-state index contributed by atoms with van der Waals surface area (Å²) >= 11 is 0. The predicted octanol–water partition coefficient (Wildman–Crippen LogP) is 3.98. The Morgan fingerprint density at radius 2 is 1.78 bits per heavy atom. The topological polar surface area (TPSA) is 12.0 Å². The normalized spacial score (nSPS) is 17.4. The van der Waals surface area contributed by atoms with Gasteiger partial charge in [0, 0.05) is 11.8 Å². The van der Waals surface area contributed by atoms with Gasteiger partial charge < -0.3 is 5.32 Å². The number of anilines is 1. The Kier molecular flexibility index (Phi) is 2.54. The van der Waals surface area contributed by atoms with Gasteiger partial charge in [-0.05, 0) is 42.7 Å². The highest BCUT2D eigenvalue weighted by atomic mass is 19.1. The maximum atomic E-state index is 13.2. The van der Waals surface area contributed by atoms with Gasteiger partial charge in [-0.25, -0.2) is 8.78 Å². The van der Waals surface area contributed by atoms with Crippen molar-refractivity contribution in [2.45, 2.75) is 19.4 Å². The highest BCUT2D eigenvalue weighted by molar-refractivity contribution is 5.59. The quantitative estimate of drug-likeness (QED) is 0.801. The van der Waals surface area contributed by atoms with Crippen LogP contribution in [0, 0.1) is 18.6 Å². The highest BCUT2D eigenvalue weighted by Crippen LogP contribution is 2.34. The van der Waals surface area contributed by atoms with Crippen LogP contribution in [0.2, 0.25) is 0 Å². The fourth-order valence-electron chi connectivity index (χ4n) is 2.47. The van der Waals surface area contributed by atoms with Gasteiger partial charge in [-0.15, -0.1) is 0 Å². The number of aryl methyl sites for hydroxylation is 1. The molecule has 0 spiro atoms. The first-order chi connectivity index (χ1) is 8.61. The van der Waals surface area contributed by atoms with E-state index >= 15 is 0 Å². The summed E-state index contributed by atoms with van der Waals surface area (Å²) in [5, 5.41) is 3.30. The van der Waals surface area contributed by atoms with Crippen LogP contribution < -0.4 is 5.32 Å². The SMILES string of the molecule is Cc1ccc2c(c1)CC(c1cc(F)cc(F)c1)N2. The van der Waals surface area contributed by atoms with Gasteiger partial charge in [-0.1, -0.05) is 17.7 Å². The van der Waals surface area contributed by atoms with Gasteiger partial charge in [-0.2, -0.15) is 0 Å². The number of nitrogens with one attached hydrogen (secondary N) is 1. The molecular formula is C15H13F2N. The smallest absolute Gasteiger partial charge is 0.126 e. The van der Waals surface area contributed by atoms with Crippen LogP contribution in [0.3, 0.4) is 0 Å². The number of benzene rings is 2. The molecule has 0 aliphatic carbocycles. The molecule has 1 aliphatic heterocycles. The minimum Gasteiger partial charge on any atom is -0.378 e. The Morgan fingerprint density at radius 3 is 2.50 bits per heavy atom. The molecule has 1 atom stereocenters. The van der Waals surface area contributed by atoms with E-state index in [1.807, 2.05) is 19.1 Å². The number of halogens is 2. The standard InChI is InChI=1S/C15H13F2N/c1-9-2-3-14-10(4-9)7-15(18-14)11-5-12(16)8-13(17)6-11/h2-6,8,15,18H,7H2,1H3. The summed E-state index contributed by atoms with van der Waals surface area (Å²) in [6, 6.07) is 9.78. The fourth-order valence-corrected chi connectivity index (χ4v) is 2.47. The van der Waals surface area contributed by atoms with Crippen molar-refractivity contribution in [3.8, 4) is 0 Å². The molecule has 0 saturated heterocycles. The molecule has 0 saturated carbocycles. The predicted molar refractivity (Wildman–Crippen MR) is 67.6 cm³/mol. The molecule has 1 N–H and O–H groups in total. The van der Waals surface area contributed by atoms with Gasteiger partial charge in [0.25, 0.3) is 0 Å². The summed E-state index contributed by atoms with van der Waals surface area (Å²) in [5.41, 5.74) is 4.10. The summed E-state index contributed by atoms with van der Waals surface area (Å²) in [7, 11) is 0. The van der Waals surface area contributed by atoms with Gasteiger partial charge in [-0.3, -0.25) is 0 Å². The van der Waals surface area contributed by atoms with E-state index in [4.69, 9.17) is 0 Å². The molecule has 0 aromatic heterocycles. The van der Waals surface area contributed by atoms with Crippen LogP contribution in [0.5, 0.6) is 0 Å². The lowest BCUT2D eigenvalue weighted by Crippen LogP contribution is -2.06. The van der Waals surface area contributed by atoms with Gasteiger partial charge in [0.15, 0.2) is 0 Å². The lowest BCUT2D eigenvalue weighted by atomic mass is 10.0. The van der Waals surface area contributed by atoms with E-state index in [0.29, 0.717) is 5.56 Å². The summed E-state index contributed by atoms with van der Waals surface area (Å²) in [6.45, 7) is 2.04. The van der Waals surface area contributed by atoms with Crippen molar-refractivity contribution in [1.29, 1.82) is 0 Å². The van der Waals surface area contributed by atoms with E-state index in [0.717, 1.165) is 18.2 Å². The second kappa shape index (κ2) is 4.09. The lowest BCUT2D eigenvalue weighted by molar-refractivity contribution is 0.576. The molecule has 1 unspecified atom stereocenters. The lowest BCUT2D eigenvalue weighted by Gasteiger charge is -2.11. The van der Waals surface area contributed by atoms with E-state index in [1.54, 1.807) is 0 Å². The summed E-state index contributed by atoms with van der Waals surface area (Å²) in [4.78, 5) is 0. The monoisotopic (exact) mass is 245 g/mol. The maximum Gasteiger partial charge on any atom is 0.126 e. The molecule has 2 aromatic carbocycles. The third-order valence-corrected chi connectivity index (χ3v) is 3.30. The Balaban J connectivity index is 1.93. The second-order valence-corrected chi connectivity index (χ2v) is 4.76. The first-order valence-electron chi connectivity index (χ1n) is 5.94. The second-order valence-electron chi connectivity index (χ2n) is 4.76. The molecule has 3 heteroatoms. The van der Waals surface area contributed by atoms with Crippen LogP contribution in [0.4, 0.5) is 14.5 Å². The van der Waals surface area contributed by atoms with Crippen LogP contribution in [0.15, 0.2) is 36.4 Å². The Morgan fingerprint density at radius 1 is 1.06 bits per heavy atom. The summed E-state index contributed by atoms with van der Waals surface area (Å²) in [6.07, 6.45) is 0.764. The average molecular weight is 245 g/mol. The van der Waals surface area contributed by atoms with Crippen molar-refractivity contribution in [2.75, 3.05) is 5.32 Å². The van der Waals surface area contributed by atoms with E-state index < -0.39 is 11.6 Å². The van der Waals surface area contributed by atoms with Gasteiger partial charge in [0.1, 0.15) is 11.6 Å². The molecule has 1 aliphatic rings. The van der Waals surface area contributed by atoms with Crippen molar-refractivity contribution in [3.05, 3.63) is 64.7 Å². The summed E-state index contributed by atoms with van der Waals surface area (Å²) < 4.78 is 26.4. The molecule has 1 heterocycles. The molecule has 0 amide bonds. The van der Waals surface area contributed by atoms with E-state index in [-0.39, 0.29) is 6.04 Å². The van der Waals surface area contributed by atoms with Crippen molar-refractivity contribution in [1.82, 2.24) is 0 Å². The van der Waals surface area contributed by atoms with Crippen LogP contribution in [-0.2, 0) is 6.42 Å². The molecule has 0 bridgehead atoms. The first-order valence-corrected chi connectivity index (χ1v) is 5.94. The average Bonchev–Trinajstić information content (AvgIpc) is 2.70. The molecule has 3 rings (SSSR count). The van der Waals surface area contributed by atoms with Crippen molar-refractivity contribution >= 4 is 5.69 Å². The molecule has 0 radical (unpaired) electrons. The Hall–Kier alpha value is -1.90. The molecule has 18 heavy (non-hydrogen) atoms. The van der Waals surface area contributed by atoms with Crippen LogP contribution >= 0.6 is 0 Å². The number of hydrogen-bond acceptors (Lipinski definition) is 1. The number of hydrogen-bond donors (Lipinski definition) is 1. The van der Waals surface area contributed by atoms with E-state index in [1.165, 1.54) is 23.3 Å². The molecule has 2 aromatic rings. The number of fused-ring (bicyclic) bond motifs is 1. The minimum absolute atomic E-state index is 0.0491. The van der Waals surface area contributed by atoms with Crippen molar-refractivity contribution < 1.29 is 8.78 Å². The Bertz CT molecular complexity index is 587. The highest BCUT2D eigenvalue weighted by Gasteiger charge is 2.22. The van der Waals surface area contributed by atoms with Crippen molar-refractivity contribution in [3.63, 3.8) is 0 Å². The largest absolute Gasteiger partial charge is 0.378 e. The summed E-state index contributed by atoms with van der Waals surface area (Å²) in [5.74, 6) is -1.06. The first kappa shape index (κ1) is 11.2. The number of rotatable bonds is 1. The van der Waals surface area contributed by atoms with Crippen LogP contribution in [0.1, 0.15) is 22.7 Å². The van der Waals surface area contributed by atoms with E-state index in [2.05, 4.69) is 11.4 Å². The van der Waals surface area contributed by atoms with Crippen LogP contribution in [-0.4, -0.2) is 0 Å². The van der Waals surface area contributed by atoms with Crippen LogP contribution in [0.25, 0.3) is 0 Å². The molecular weight excluding hydrogens is 232 g/mol. The molecule has 92 valence electrons.